The van der Waals surface area contributed by atoms with Crippen molar-refractivity contribution >= 4 is 29.3 Å². The maximum atomic E-state index is 12.3. The van der Waals surface area contributed by atoms with E-state index in [0.29, 0.717) is 11.6 Å². The van der Waals surface area contributed by atoms with E-state index in [4.69, 9.17) is 16.3 Å². The van der Waals surface area contributed by atoms with Crippen LogP contribution in [0.15, 0.2) is 53.4 Å². The van der Waals surface area contributed by atoms with Gasteiger partial charge in [-0.25, -0.2) is 0 Å². The Kier molecular flexibility index (Phi) is 8.86. The highest BCUT2D eigenvalue weighted by Gasteiger charge is 2.13. The number of aryl methyl sites for hydroxylation is 1. The first-order chi connectivity index (χ1) is 12.6. The Hall–Kier alpha value is -1.65. The van der Waals surface area contributed by atoms with Crippen LogP contribution in [0.1, 0.15) is 32.3 Å². The highest BCUT2D eigenvalue weighted by Crippen LogP contribution is 2.25. The van der Waals surface area contributed by atoms with E-state index in [1.165, 1.54) is 17.3 Å². The van der Waals surface area contributed by atoms with E-state index >= 15 is 0 Å². The number of para-hydroxylation sites is 1. The Labute approximate surface area is 165 Å². The van der Waals surface area contributed by atoms with Crippen LogP contribution < -0.4 is 10.1 Å². The van der Waals surface area contributed by atoms with E-state index in [9.17, 15) is 4.79 Å². The number of halogens is 1. The van der Waals surface area contributed by atoms with Crippen molar-refractivity contribution in [3.05, 3.63) is 59.1 Å². The largest absolute Gasteiger partial charge is 0.493 e. The molecular weight excluding hydrogens is 366 g/mol. The van der Waals surface area contributed by atoms with Gasteiger partial charge in [0.25, 0.3) is 0 Å². The maximum Gasteiger partial charge on any atom is 0.233 e. The van der Waals surface area contributed by atoms with Crippen LogP contribution in [-0.2, 0) is 11.2 Å². The van der Waals surface area contributed by atoms with Crippen LogP contribution in [0.5, 0.6) is 5.75 Å². The maximum absolute atomic E-state index is 12.3. The van der Waals surface area contributed by atoms with Crippen LogP contribution in [-0.4, -0.2) is 24.3 Å². The molecule has 5 heteroatoms. The number of rotatable bonds is 10. The fourth-order valence-corrected chi connectivity index (χ4v) is 3.49. The van der Waals surface area contributed by atoms with Gasteiger partial charge < -0.3 is 10.1 Å². The SMILES string of the molecule is CCCOc1ccccc1CCCNC(=O)[C@H](C)Sc1ccc(Cl)cc1. The van der Waals surface area contributed by atoms with Crippen LogP contribution >= 0.6 is 23.4 Å². The Morgan fingerprint density at radius 1 is 1.19 bits per heavy atom. The molecule has 0 radical (unpaired) electrons. The molecule has 0 unspecified atom stereocenters. The Balaban J connectivity index is 1.73. The molecule has 0 saturated heterocycles. The van der Waals surface area contributed by atoms with Crippen molar-refractivity contribution in [2.45, 2.75) is 43.3 Å². The second-order valence-corrected chi connectivity index (χ2v) is 7.92. The second-order valence-electron chi connectivity index (χ2n) is 6.06. The molecule has 0 aliphatic carbocycles. The lowest BCUT2D eigenvalue weighted by atomic mass is 10.1. The molecule has 2 aromatic carbocycles. The van der Waals surface area contributed by atoms with Crippen molar-refractivity contribution in [2.75, 3.05) is 13.2 Å². The molecule has 0 fully saturated rings. The molecule has 0 aliphatic rings. The summed E-state index contributed by atoms with van der Waals surface area (Å²) in [4.78, 5) is 13.3. The zero-order valence-corrected chi connectivity index (χ0v) is 16.9. The predicted molar refractivity (Wildman–Crippen MR) is 110 cm³/mol. The highest BCUT2D eigenvalue weighted by atomic mass is 35.5. The summed E-state index contributed by atoms with van der Waals surface area (Å²) in [6, 6.07) is 15.7. The van der Waals surface area contributed by atoms with Gasteiger partial charge in [-0.2, -0.15) is 0 Å². The number of hydrogen-bond acceptors (Lipinski definition) is 3. The molecule has 0 heterocycles. The Bertz CT molecular complexity index is 691. The van der Waals surface area contributed by atoms with Gasteiger partial charge in [0.2, 0.25) is 5.91 Å². The smallest absolute Gasteiger partial charge is 0.233 e. The number of thioether (sulfide) groups is 1. The zero-order valence-electron chi connectivity index (χ0n) is 15.3. The van der Waals surface area contributed by atoms with E-state index in [0.717, 1.165) is 36.5 Å². The molecule has 1 N–H and O–H groups in total. The molecule has 1 atom stereocenters. The summed E-state index contributed by atoms with van der Waals surface area (Å²) in [6.07, 6.45) is 2.77. The molecule has 0 saturated carbocycles. The fraction of sp³-hybridized carbons (Fsp3) is 0.381. The average Bonchev–Trinajstić information content (AvgIpc) is 2.66. The van der Waals surface area contributed by atoms with Gasteiger partial charge in [0.15, 0.2) is 0 Å². The average molecular weight is 392 g/mol. The quantitative estimate of drug-likeness (QED) is 0.437. The molecular formula is C21H26ClNO2S. The van der Waals surface area contributed by atoms with E-state index in [1.807, 2.05) is 49.4 Å². The minimum Gasteiger partial charge on any atom is -0.493 e. The van der Waals surface area contributed by atoms with Gasteiger partial charge >= 0.3 is 0 Å². The number of hydrogen-bond donors (Lipinski definition) is 1. The van der Waals surface area contributed by atoms with Crippen molar-refractivity contribution in [1.29, 1.82) is 0 Å². The molecule has 0 aliphatic heterocycles. The number of carbonyl (C=O) groups excluding carboxylic acids is 1. The van der Waals surface area contributed by atoms with Crippen molar-refractivity contribution in [3.8, 4) is 5.75 Å². The molecule has 1 amide bonds. The molecule has 0 bridgehead atoms. The highest BCUT2D eigenvalue weighted by molar-refractivity contribution is 8.00. The molecule has 2 rings (SSSR count). The standard InChI is InChI=1S/C21H26ClNO2S/c1-3-15-25-20-9-5-4-7-17(20)8-6-14-23-21(24)16(2)26-19-12-10-18(22)11-13-19/h4-5,7,9-13,16H,3,6,8,14-15H2,1-2H3,(H,23,24)/t16-/m0/s1. The number of benzene rings is 2. The van der Waals surface area contributed by atoms with Gasteiger partial charge in [-0.3, -0.25) is 4.79 Å². The monoisotopic (exact) mass is 391 g/mol. The zero-order chi connectivity index (χ0) is 18.8. The first-order valence-corrected chi connectivity index (χ1v) is 10.3. The normalized spacial score (nSPS) is 11.8. The number of nitrogens with one attached hydrogen (secondary N) is 1. The summed E-state index contributed by atoms with van der Waals surface area (Å²) < 4.78 is 5.78. The third-order valence-electron chi connectivity index (χ3n) is 3.85. The van der Waals surface area contributed by atoms with Crippen molar-refractivity contribution in [3.63, 3.8) is 0 Å². The molecule has 26 heavy (non-hydrogen) atoms. The molecule has 0 spiro atoms. The summed E-state index contributed by atoms with van der Waals surface area (Å²) >= 11 is 7.42. The van der Waals surface area contributed by atoms with Crippen LogP contribution in [0.2, 0.25) is 5.02 Å². The van der Waals surface area contributed by atoms with Crippen molar-refractivity contribution in [2.24, 2.45) is 0 Å². The van der Waals surface area contributed by atoms with Gasteiger partial charge in [0.1, 0.15) is 5.75 Å². The molecule has 3 nitrogen and oxygen atoms in total. The van der Waals surface area contributed by atoms with Gasteiger partial charge in [-0.15, -0.1) is 11.8 Å². The second kappa shape index (κ2) is 11.1. The summed E-state index contributed by atoms with van der Waals surface area (Å²) in [5, 5.41) is 3.58. The molecule has 0 aromatic heterocycles. The number of amides is 1. The van der Waals surface area contributed by atoms with Crippen LogP contribution in [0.25, 0.3) is 0 Å². The van der Waals surface area contributed by atoms with Crippen LogP contribution in [0, 0.1) is 0 Å². The van der Waals surface area contributed by atoms with E-state index in [1.54, 1.807) is 0 Å². The lowest BCUT2D eigenvalue weighted by molar-refractivity contribution is -0.120. The summed E-state index contributed by atoms with van der Waals surface area (Å²) in [7, 11) is 0. The van der Waals surface area contributed by atoms with E-state index < -0.39 is 0 Å². The summed E-state index contributed by atoms with van der Waals surface area (Å²) in [5.41, 5.74) is 1.19. The van der Waals surface area contributed by atoms with Crippen molar-refractivity contribution < 1.29 is 9.53 Å². The van der Waals surface area contributed by atoms with E-state index in [2.05, 4.69) is 18.3 Å². The van der Waals surface area contributed by atoms with Gasteiger partial charge in [-0.05, 0) is 62.1 Å². The third-order valence-corrected chi connectivity index (χ3v) is 5.22. The van der Waals surface area contributed by atoms with Gasteiger partial charge in [0, 0.05) is 16.5 Å². The number of ether oxygens (including phenoxy) is 1. The number of carbonyl (C=O) groups is 1. The Morgan fingerprint density at radius 3 is 2.65 bits per heavy atom. The van der Waals surface area contributed by atoms with Gasteiger partial charge in [-0.1, -0.05) is 36.7 Å². The fourth-order valence-electron chi connectivity index (χ4n) is 2.47. The van der Waals surface area contributed by atoms with E-state index in [-0.39, 0.29) is 11.2 Å². The van der Waals surface area contributed by atoms with Gasteiger partial charge in [0.05, 0.1) is 11.9 Å². The van der Waals surface area contributed by atoms with Crippen LogP contribution in [0.4, 0.5) is 0 Å². The minimum absolute atomic E-state index is 0.0560. The summed E-state index contributed by atoms with van der Waals surface area (Å²) in [6.45, 7) is 5.41. The van der Waals surface area contributed by atoms with Crippen LogP contribution in [0.3, 0.4) is 0 Å². The lowest BCUT2D eigenvalue weighted by Crippen LogP contribution is -2.31. The first-order valence-electron chi connectivity index (χ1n) is 9.00. The van der Waals surface area contributed by atoms with Crippen molar-refractivity contribution in [1.82, 2.24) is 5.32 Å². The minimum atomic E-state index is -0.142. The summed E-state index contributed by atoms with van der Waals surface area (Å²) in [5.74, 6) is 1.01. The third kappa shape index (κ3) is 6.93. The molecule has 2 aromatic rings. The lowest BCUT2D eigenvalue weighted by Gasteiger charge is -2.13. The molecule has 140 valence electrons. The first kappa shape index (κ1) is 20.7. The predicted octanol–water partition coefficient (Wildman–Crippen LogP) is 5.36. The topological polar surface area (TPSA) is 38.3 Å². The Morgan fingerprint density at radius 2 is 1.92 bits per heavy atom.